The van der Waals surface area contributed by atoms with Gasteiger partial charge in [0, 0.05) is 17.8 Å². The molecule has 0 bridgehead atoms. The van der Waals surface area contributed by atoms with E-state index in [9.17, 15) is 0 Å². The van der Waals surface area contributed by atoms with Gasteiger partial charge in [-0.15, -0.1) is 6.58 Å². The maximum atomic E-state index is 6.21. The van der Waals surface area contributed by atoms with E-state index in [0.717, 1.165) is 22.9 Å². The molecule has 0 saturated carbocycles. The Morgan fingerprint density at radius 2 is 2.05 bits per heavy atom. The molecule has 0 unspecified atom stereocenters. The highest BCUT2D eigenvalue weighted by molar-refractivity contribution is 6.35. The molecule has 0 amide bonds. The van der Waals surface area contributed by atoms with Gasteiger partial charge in [-0.2, -0.15) is 0 Å². The highest BCUT2D eigenvalue weighted by atomic mass is 35.5. The van der Waals surface area contributed by atoms with Crippen molar-refractivity contribution < 1.29 is 0 Å². The number of halogens is 2. The first-order valence-electron chi connectivity index (χ1n) is 5.88. The number of benzene rings is 1. The van der Waals surface area contributed by atoms with Crippen LogP contribution < -0.4 is 5.32 Å². The quantitative estimate of drug-likeness (QED) is 0.826. The zero-order chi connectivity index (χ0) is 14.0. The van der Waals surface area contributed by atoms with Crippen LogP contribution in [0, 0.1) is 13.8 Å². The summed E-state index contributed by atoms with van der Waals surface area (Å²) >= 11 is 12.3. The summed E-state index contributed by atoms with van der Waals surface area (Å²) in [6.45, 7) is 8.27. The van der Waals surface area contributed by atoms with Crippen molar-refractivity contribution in [2.45, 2.75) is 20.4 Å². The molecule has 0 aliphatic carbocycles. The van der Waals surface area contributed by atoms with Crippen molar-refractivity contribution in [2.75, 3.05) is 5.32 Å². The van der Waals surface area contributed by atoms with Gasteiger partial charge in [0.2, 0.25) is 5.95 Å². The van der Waals surface area contributed by atoms with E-state index in [1.165, 1.54) is 0 Å². The summed E-state index contributed by atoms with van der Waals surface area (Å²) in [6, 6.07) is 3.64. The normalized spacial score (nSPS) is 10.5. The molecule has 2 aromatic rings. The Hall–Kier alpha value is -1.45. The second-order valence-electron chi connectivity index (χ2n) is 4.35. The number of aryl methyl sites for hydroxylation is 2. The highest BCUT2D eigenvalue weighted by Crippen LogP contribution is 2.30. The number of allylic oxidation sites excluding steroid dienone is 1. The fourth-order valence-electron chi connectivity index (χ4n) is 1.79. The molecule has 0 fully saturated rings. The summed E-state index contributed by atoms with van der Waals surface area (Å²) in [5.74, 6) is 0.721. The maximum absolute atomic E-state index is 6.21. The van der Waals surface area contributed by atoms with Gasteiger partial charge in [-0.25, -0.2) is 4.98 Å². The summed E-state index contributed by atoms with van der Waals surface area (Å²) in [4.78, 5) is 4.42. The number of rotatable bonds is 4. The van der Waals surface area contributed by atoms with Gasteiger partial charge < -0.3 is 9.88 Å². The molecule has 0 spiro atoms. The molecular formula is C14H15Cl2N3. The number of anilines is 2. The van der Waals surface area contributed by atoms with Gasteiger partial charge in [0.05, 0.1) is 16.4 Å². The van der Waals surface area contributed by atoms with E-state index in [-0.39, 0.29) is 0 Å². The van der Waals surface area contributed by atoms with Crippen LogP contribution in [-0.2, 0) is 6.54 Å². The molecule has 100 valence electrons. The van der Waals surface area contributed by atoms with Crippen LogP contribution in [0.5, 0.6) is 0 Å². The van der Waals surface area contributed by atoms with Gasteiger partial charge in [-0.1, -0.05) is 29.3 Å². The van der Waals surface area contributed by atoms with E-state index < -0.39 is 0 Å². The molecule has 1 aromatic carbocycles. The van der Waals surface area contributed by atoms with Crippen LogP contribution in [0.3, 0.4) is 0 Å². The molecule has 19 heavy (non-hydrogen) atoms. The predicted molar refractivity (Wildman–Crippen MR) is 81.6 cm³/mol. The minimum atomic E-state index is 0.618. The Bertz CT molecular complexity index is 617. The second-order valence-corrected chi connectivity index (χ2v) is 5.17. The van der Waals surface area contributed by atoms with Gasteiger partial charge in [0.1, 0.15) is 0 Å². The third kappa shape index (κ3) is 3.11. The lowest BCUT2D eigenvalue weighted by atomic mass is 10.2. The minimum absolute atomic E-state index is 0.618. The number of nitrogens with zero attached hydrogens (tertiary/aromatic N) is 2. The van der Waals surface area contributed by atoms with E-state index in [1.54, 1.807) is 0 Å². The Morgan fingerprint density at radius 3 is 2.74 bits per heavy atom. The van der Waals surface area contributed by atoms with E-state index >= 15 is 0 Å². The van der Waals surface area contributed by atoms with Crippen LogP contribution in [0.15, 0.2) is 31.0 Å². The SMILES string of the molecule is C=CCn1cc(C)nc1Nc1cc(Cl)c(C)cc1Cl. The number of nitrogens with one attached hydrogen (secondary N) is 1. The number of imidazole rings is 1. The van der Waals surface area contributed by atoms with E-state index in [4.69, 9.17) is 23.2 Å². The predicted octanol–water partition coefficient (Wildman–Crippen LogP) is 4.74. The van der Waals surface area contributed by atoms with Gasteiger partial charge in [-0.3, -0.25) is 0 Å². The van der Waals surface area contributed by atoms with Gasteiger partial charge in [0.15, 0.2) is 0 Å². The topological polar surface area (TPSA) is 29.9 Å². The molecule has 1 aromatic heterocycles. The van der Waals surface area contributed by atoms with Crippen LogP contribution in [0.4, 0.5) is 11.6 Å². The fourth-order valence-corrected chi connectivity index (χ4v) is 2.22. The van der Waals surface area contributed by atoms with Crippen LogP contribution >= 0.6 is 23.2 Å². The lowest BCUT2D eigenvalue weighted by Crippen LogP contribution is -2.02. The Kier molecular flexibility index (Phi) is 4.17. The molecule has 2 rings (SSSR count). The van der Waals surface area contributed by atoms with Crippen molar-refractivity contribution in [3.8, 4) is 0 Å². The lowest BCUT2D eigenvalue weighted by Gasteiger charge is -2.11. The van der Waals surface area contributed by atoms with Crippen LogP contribution in [0.1, 0.15) is 11.3 Å². The summed E-state index contributed by atoms with van der Waals surface area (Å²) in [5.41, 5.74) is 2.62. The van der Waals surface area contributed by atoms with Gasteiger partial charge in [0.25, 0.3) is 0 Å². The Balaban J connectivity index is 2.35. The number of hydrogen-bond donors (Lipinski definition) is 1. The molecule has 0 aliphatic rings. The van der Waals surface area contributed by atoms with Crippen molar-refractivity contribution in [3.05, 3.63) is 52.3 Å². The number of aromatic nitrogens is 2. The average molecular weight is 296 g/mol. The molecule has 0 aliphatic heterocycles. The van der Waals surface area contributed by atoms with E-state index in [2.05, 4.69) is 16.9 Å². The smallest absolute Gasteiger partial charge is 0.207 e. The lowest BCUT2D eigenvalue weighted by molar-refractivity contribution is 0.832. The highest BCUT2D eigenvalue weighted by Gasteiger charge is 2.09. The first kappa shape index (κ1) is 14.0. The molecule has 5 heteroatoms. The van der Waals surface area contributed by atoms with Crippen LogP contribution in [0.2, 0.25) is 10.0 Å². The molecule has 1 heterocycles. The number of hydrogen-bond acceptors (Lipinski definition) is 2. The van der Waals surface area contributed by atoms with E-state index in [1.807, 2.05) is 42.8 Å². The van der Waals surface area contributed by atoms with Crippen molar-refractivity contribution in [2.24, 2.45) is 0 Å². The summed E-state index contributed by atoms with van der Waals surface area (Å²) in [7, 11) is 0. The molecule has 0 atom stereocenters. The second kappa shape index (κ2) is 5.68. The molecule has 3 nitrogen and oxygen atoms in total. The maximum Gasteiger partial charge on any atom is 0.207 e. The molecule has 1 N–H and O–H groups in total. The zero-order valence-electron chi connectivity index (χ0n) is 10.9. The largest absolute Gasteiger partial charge is 0.324 e. The molecule has 0 radical (unpaired) electrons. The first-order chi connectivity index (χ1) is 9.01. The fraction of sp³-hybridized carbons (Fsp3) is 0.214. The monoisotopic (exact) mass is 295 g/mol. The summed E-state index contributed by atoms with van der Waals surface area (Å²) in [5, 5.41) is 4.49. The van der Waals surface area contributed by atoms with Crippen LogP contribution in [-0.4, -0.2) is 9.55 Å². The van der Waals surface area contributed by atoms with Crippen molar-refractivity contribution in [1.82, 2.24) is 9.55 Å². The summed E-state index contributed by atoms with van der Waals surface area (Å²) in [6.07, 6.45) is 3.77. The van der Waals surface area contributed by atoms with Crippen molar-refractivity contribution in [1.29, 1.82) is 0 Å². The molecular weight excluding hydrogens is 281 g/mol. The zero-order valence-corrected chi connectivity index (χ0v) is 12.4. The molecule has 0 saturated heterocycles. The van der Waals surface area contributed by atoms with Gasteiger partial charge >= 0.3 is 0 Å². The average Bonchev–Trinajstić information content (AvgIpc) is 2.67. The van der Waals surface area contributed by atoms with Crippen LogP contribution in [0.25, 0.3) is 0 Å². The minimum Gasteiger partial charge on any atom is -0.324 e. The van der Waals surface area contributed by atoms with Crippen molar-refractivity contribution >= 4 is 34.8 Å². The Morgan fingerprint density at radius 1 is 1.32 bits per heavy atom. The standard InChI is InChI=1S/C14H15Cl2N3/c1-4-5-19-8-10(3)17-14(19)18-13-7-11(15)9(2)6-12(13)16/h4,6-8H,1,5H2,2-3H3,(H,17,18). The van der Waals surface area contributed by atoms with Gasteiger partial charge in [-0.05, 0) is 31.5 Å². The first-order valence-corrected chi connectivity index (χ1v) is 6.64. The van der Waals surface area contributed by atoms with Crippen molar-refractivity contribution in [3.63, 3.8) is 0 Å². The third-order valence-electron chi connectivity index (χ3n) is 2.72. The Labute approximate surface area is 122 Å². The van der Waals surface area contributed by atoms with E-state index in [0.29, 0.717) is 16.6 Å². The third-order valence-corrected chi connectivity index (χ3v) is 3.44. The summed E-state index contributed by atoms with van der Waals surface area (Å²) < 4.78 is 1.96.